The van der Waals surface area contributed by atoms with Crippen molar-refractivity contribution in [1.82, 2.24) is 10.3 Å². The average Bonchev–Trinajstić information content (AvgIpc) is 2.73. The third-order valence-electron chi connectivity index (χ3n) is 3.79. The van der Waals surface area contributed by atoms with E-state index < -0.39 is 11.9 Å². The number of para-hydroxylation sites is 1. The van der Waals surface area contributed by atoms with Gasteiger partial charge in [0.2, 0.25) is 0 Å². The van der Waals surface area contributed by atoms with Gasteiger partial charge in [0.25, 0.3) is 5.91 Å². The number of aromatic nitrogens is 1. The zero-order chi connectivity index (χ0) is 20.2. The molecule has 1 aromatic carbocycles. The van der Waals surface area contributed by atoms with E-state index in [4.69, 9.17) is 4.74 Å². The molecule has 2 aromatic rings. The second-order valence-electron chi connectivity index (χ2n) is 5.89. The number of nitrogens with one attached hydrogen (secondary N) is 2. The van der Waals surface area contributed by atoms with Crippen molar-refractivity contribution in [3.63, 3.8) is 0 Å². The lowest BCUT2D eigenvalue weighted by molar-refractivity contribution is -0.117. The lowest BCUT2D eigenvalue weighted by Gasteiger charge is -2.10. The van der Waals surface area contributed by atoms with Gasteiger partial charge in [-0.2, -0.15) is 5.26 Å². The molecule has 0 unspecified atom stereocenters. The quantitative estimate of drug-likeness (QED) is 0.301. The first-order valence-electron chi connectivity index (χ1n) is 8.95. The number of pyridine rings is 1. The molecule has 144 valence electrons. The number of rotatable bonds is 9. The Morgan fingerprint density at radius 3 is 2.79 bits per heavy atom. The lowest BCUT2D eigenvalue weighted by Crippen LogP contribution is -2.24. The minimum Gasteiger partial charge on any atom is -0.462 e. The first kappa shape index (κ1) is 20.6. The van der Waals surface area contributed by atoms with Crippen LogP contribution in [0.4, 0.5) is 5.69 Å². The summed E-state index contributed by atoms with van der Waals surface area (Å²) in [5.74, 6) is -0.980. The molecule has 0 bridgehead atoms. The van der Waals surface area contributed by atoms with Crippen LogP contribution in [0.1, 0.15) is 35.7 Å². The van der Waals surface area contributed by atoms with Crippen LogP contribution in [-0.4, -0.2) is 23.5 Å². The fourth-order valence-corrected chi connectivity index (χ4v) is 2.25. The van der Waals surface area contributed by atoms with Gasteiger partial charge in [0.05, 0.1) is 17.9 Å². The average molecular weight is 378 g/mol. The van der Waals surface area contributed by atoms with Gasteiger partial charge in [-0.25, -0.2) is 4.79 Å². The first-order chi connectivity index (χ1) is 13.7. The van der Waals surface area contributed by atoms with Gasteiger partial charge < -0.3 is 15.4 Å². The predicted octanol–water partition coefficient (Wildman–Crippen LogP) is 3.17. The molecule has 0 saturated carbocycles. The highest BCUT2D eigenvalue weighted by atomic mass is 16.5. The molecule has 7 heteroatoms. The number of ether oxygens (including phenoxy) is 1. The molecule has 1 heterocycles. The van der Waals surface area contributed by atoms with Crippen LogP contribution in [0.3, 0.4) is 0 Å². The molecule has 2 rings (SSSR count). The highest BCUT2D eigenvalue weighted by Crippen LogP contribution is 2.17. The smallest absolute Gasteiger partial charge is 0.340 e. The minimum absolute atomic E-state index is 0.113. The molecule has 1 amide bonds. The fraction of sp³-hybridized carbons (Fsp3) is 0.238. The zero-order valence-electron chi connectivity index (χ0n) is 15.6. The molecule has 28 heavy (non-hydrogen) atoms. The van der Waals surface area contributed by atoms with Gasteiger partial charge in [0, 0.05) is 25.1 Å². The number of benzene rings is 1. The van der Waals surface area contributed by atoms with E-state index in [-0.39, 0.29) is 12.1 Å². The zero-order valence-corrected chi connectivity index (χ0v) is 15.6. The van der Waals surface area contributed by atoms with Gasteiger partial charge in [0.1, 0.15) is 11.6 Å². The molecule has 0 spiro atoms. The summed E-state index contributed by atoms with van der Waals surface area (Å²) >= 11 is 0. The van der Waals surface area contributed by atoms with Gasteiger partial charge in [-0.05, 0) is 30.2 Å². The second-order valence-corrected chi connectivity index (χ2v) is 5.89. The van der Waals surface area contributed by atoms with Crippen LogP contribution < -0.4 is 10.6 Å². The molecule has 7 nitrogen and oxygen atoms in total. The molecule has 0 fully saturated rings. The third-order valence-corrected chi connectivity index (χ3v) is 3.79. The van der Waals surface area contributed by atoms with Crippen molar-refractivity contribution >= 4 is 17.6 Å². The van der Waals surface area contributed by atoms with Crippen molar-refractivity contribution in [3.05, 3.63) is 71.7 Å². The highest BCUT2D eigenvalue weighted by molar-refractivity contribution is 5.98. The summed E-state index contributed by atoms with van der Waals surface area (Å²) in [5.41, 5.74) is 1.50. The predicted molar refractivity (Wildman–Crippen MR) is 105 cm³/mol. The minimum atomic E-state index is -0.526. The van der Waals surface area contributed by atoms with E-state index in [9.17, 15) is 14.9 Å². The van der Waals surface area contributed by atoms with Crippen LogP contribution >= 0.6 is 0 Å². The second kappa shape index (κ2) is 11.1. The number of nitrogens with zero attached hydrogens (tertiary/aromatic N) is 2. The van der Waals surface area contributed by atoms with E-state index in [0.717, 1.165) is 18.4 Å². The maximum absolute atomic E-state index is 12.2. The summed E-state index contributed by atoms with van der Waals surface area (Å²) in [6.45, 7) is 2.61. The van der Waals surface area contributed by atoms with Crippen LogP contribution in [0.5, 0.6) is 0 Å². The summed E-state index contributed by atoms with van der Waals surface area (Å²) in [7, 11) is 0. The highest BCUT2D eigenvalue weighted by Gasteiger charge is 2.13. The summed E-state index contributed by atoms with van der Waals surface area (Å²) in [6, 6.07) is 12.2. The Morgan fingerprint density at radius 1 is 1.25 bits per heavy atom. The van der Waals surface area contributed by atoms with Crippen LogP contribution in [0.15, 0.2) is 60.6 Å². The van der Waals surface area contributed by atoms with Crippen molar-refractivity contribution in [2.45, 2.75) is 26.3 Å². The maximum atomic E-state index is 12.2. The molecule has 0 aliphatic heterocycles. The summed E-state index contributed by atoms with van der Waals surface area (Å²) < 4.78 is 5.23. The monoisotopic (exact) mass is 378 g/mol. The van der Waals surface area contributed by atoms with E-state index >= 15 is 0 Å². The summed E-state index contributed by atoms with van der Waals surface area (Å²) in [4.78, 5) is 28.4. The van der Waals surface area contributed by atoms with Crippen LogP contribution in [0, 0.1) is 11.3 Å². The molecule has 0 aliphatic rings. The SMILES string of the molecule is CCCCOC(=O)c1ccccc1N/C=C(/C#N)C(=O)NCc1cccnc1. The van der Waals surface area contributed by atoms with Gasteiger partial charge in [-0.15, -0.1) is 0 Å². The number of anilines is 1. The van der Waals surface area contributed by atoms with Crippen LogP contribution in [0.25, 0.3) is 0 Å². The Morgan fingerprint density at radius 2 is 2.07 bits per heavy atom. The van der Waals surface area contributed by atoms with E-state index in [1.807, 2.05) is 19.1 Å². The largest absolute Gasteiger partial charge is 0.462 e. The van der Waals surface area contributed by atoms with Gasteiger partial charge in [-0.3, -0.25) is 9.78 Å². The van der Waals surface area contributed by atoms with Gasteiger partial charge >= 0.3 is 5.97 Å². The van der Waals surface area contributed by atoms with E-state index in [2.05, 4.69) is 15.6 Å². The van der Waals surface area contributed by atoms with Crippen molar-refractivity contribution in [3.8, 4) is 6.07 Å². The number of amides is 1. The molecule has 2 N–H and O–H groups in total. The van der Waals surface area contributed by atoms with E-state index in [1.54, 1.807) is 42.7 Å². The third kappa shape index (κ3) is 6.25. The normalized spacial score (nSPS) is 10.6. The Kier molecular flexibility index (Phi) is 8.21. The molecular weight excluding hydrogens is 356 g/mol. The summed E-state index contributed by atoms with van der Waals surface area (Å²) in [5, 5.41) is 14.8. The Labute approximate surface area is 164 Å². The lowest BCUT2D eigenvalue weighted by atomic mass is 10.1. The topological polar surface area (TPSA) is 104 Å². The van der Waals surface area contributed by atoms with Crippen molar-refractivity contribution in [2.75, 3.05) is 11.9 Å². The number of hydrogen-bond donors (Lipinski definition) is 2. The van der Waals surface area contributed by atoms with E-state index in [0.29, 0.717) is 17.9 Å². The molecule has 0 atom stereocenters. The van der Waals surface area contributed by atoms with Crippen LogP contribution in [-0.2, 0) is 16.1 Å². The number of carbonyl (C=O) groups is 2. The number of esters is 1. The Bertz CT molecular complexity index is 873. The van der Waals surface area contributed by atoms with Gasteiger partial charge in [-0.1, -0.05) is 31.5 Å². The molecular formula is C21H22N4O3. The van der Waals surface area contributed by atoms with Crippen molar-refractivity contribution < 1.29 is 14.3 Å². The number of carbonyl (C=O) groups excluding carboxylic acids is 2. The van der Waals surface area contributed by atoms with Crippen molar-refractivity contribution in [1.29, 1.82) is 5.26 Å². The number of unbranched alkanes of at least 4 members (excludes halogenated alkanes) is 1. The Hall–Kier alpha value is -3.66. The van der Waals surface area contributed by atoms with Gasteiger partial charge in [0.15, 0.2) is 0 Å². The standard InChI is InChI=1S/C21H22N4O3/c1-2-3-11-28-21(27)18-8-4-5-9-19(18)24-15-17(12-22)20(26)25-14-16-7-6-10-23-13-16/h4-10,13,15,24H,2-3,11,14H2,1H3,(H,25,26)/b17-15-. The molecule has 0 aliphatic carbocycles. The Balaban J connectivity index is 2.03. The van der Waals surface area contributed by atoms with Crippen LogP contribution in [0.2, 0.25) is 0 Å². The summed E-state index contributed by atoms with van der Waals surface area (Å²) in [6.07, 6.45) is 6.26. The molecule has 0 saturated heterocycles. The number of nitriles is 1. The maximum Gasteiger partial charge on any atom is 0.340 e. The van der Waals surface area contributed by atoms with Crippen molar-refractivity contribution in [2.24, 2.45) is 0 Å². The first-order valence-corrected chi connectivity index (χ1v) is 8.95. The number of hydrogen-bond acceptors (Lipinski definition) is 6. The van der Waals surface area contributed by atoms with E-state index in [1.165, 1.54) is 6.20 Å². The molecule has 0 radical (unpaired) electrons. The fourth-order valence-electron chi connectivity index (χ4n) is 2.25. The molecule has 1 aromatic heterocycles.